The Morgan fingerprint density at radius 1 is 1.12 bits per heavy atom. The lowest BCUT2D eigenvalue weighted by atomic mass is 9.86. The number of hydrogen-bond donors (Lipinski definition) is 1. The van der Waals surface area contributed by atoms with Gasteiger partial charge in [0.15, 0.2) is 0 Å². The van der Waals surface area contributed by atoms with Gasteiger partial charge in [-0.15, -0.1) is 0 Å². The monoisotopic (exact) mass is 466 g/mol. The molecule has 0 aliphatic carbocycles. The lowest BCUT2D eigenvalue weighted by molar-refractivity contribution is -0.0358. The first-order chi connectivity index (χ1) is 16.4. The summed E-state index contributed by atoms with van der Waals surface area (Å²) in [7, 11) is 1.66. The average Bonchev–Trinajstić information content (AvgIpc) is 3.08. The standard InChI is InChI=1S/C27H34N2O5/c1-27(2)25(28-26(30)33-24-17-29-11-9-18(24)10-12-29)22-8-7-20(16-23(22)34-27)19-5-4-6-21(15-19)32-14-13-31-3/h4-8,15-16,18,24-25H,9-14,17H2,1-3H3,(H,28,30)/t24-,25?/m1/s1. The lowest BCUT2D eigenvalue weighted by Crippen LogP contribution is -2.53. The highest BCUT2D eigenvalue weighted by atomic mass is 16.6. The highest BCUT2D eigenvalue weighted by molar-refractivity contribution is 5.71. The van der Waals surface area contributed by atoms with Crippen molar-refractivity contribution in [3.05, 3.63) is 48.0 Å². The van der Waals surface area contributed by atoms with E-state index in [9.17, 15) is 4.79 Å². The molecule has 4 aliphatic heterocycles. The van der Waals surface area contributed by atoms with Crippen molar-refractivity contribution in [2.75, 3.05) is 40.0 Å². The molecule has 182 valence electrons. The summed E-state index contributed by atoms with van der Waals surface area (Å²) in [4.78, 5) is 15.2. The molecule has 4 heterocycles. The van der Waals surface area contributed by atoms with E-state index >= 15 is 0 Å². The maximum absolute atomic E-state index is 12.8. The predicted molar refractivity (Wildman–Crippen MR) is 129 cm³/mol. The number of alkyl carbamates (subject to hydrolysis) is 1. The number of nitrogens with zero attached hydrogens (tertiary/aromatic N) is 1. The van der Waals surface area contributed by atoms with E-state index in [2.05, 4.69) is 16.3 Å². The van der Waals surface area contributed by atoms with Gasteiger partial charge in [0.05, 0.1) is 6.61 Å². The molecule has 1 amide bonds. The number of methoxy groups -OCH3 is 1. The molecule has 2 aromatic carbocycles. The van der Waals surface area contributed by atoms with Crippen molar-refractivity contribution in [2.45, 2.75) is 44.4 Å². The van der Waals surface area contributed by atoms with Gasteiger partial charge >= 0.3 is 6.09 Å². The van der Waals surface area contributed by atoms with Crippen molar-refractivity contribution >= 4 is 6.09 Å². The summed E-state index contributed by atoms with van der Waals surface area (Å²) in [6, 6.07) is 13.8. The quantitative estimate of drug-likeness (QED) is 0.610. The van der Waals surface area contributed by atoms with Crippen LogP contribution < -0.4 is 14.8 Å². The van der Waals surface area contributed by atoms with E-state index < -0.39 is 5.60 Å². The second kappa shape index (κ2) is 9.47. The molecule has 7 heteroatoms. The van der Waals surface area contributed by atoms with E-state index in [1.54, 1.807) is 7.11 Å². The Morgan fingerprint density at radius 3 is 2.65 bits per heavy atom. The molecular formula is C27H34N2O5. The Morgan fingerprint density at radius 2 is 1.91 bits per heavy atom. The van der Waals surface area contributed by atoms with Gasteiger partial charge in [-0.3, -0.25) is 4.90 Å². The first-order valence-electron chi connectivity index (χ1n) is 12.2. The molecule has 1 unspecified atom stereocenters. The minimum absolute atomic E-state index is 0.0202. The lowest BCUT2D eigenvalue weighted by Gasteiger charge is -2.44. The molecule has 7 nitrogen and oxygen atoms in total. The van der Waals surface area contributed by atoms with E-state index in [0.717, 1.165) is 60.7 Å². The number of rotatable bonds is 7. The Bertz CT molecular complexity index is 1030. The van der Waals surface area contributed by atoms with Gasteiger partial charge in [0.1, 0.15) is 35.9 Å². The normalized spacial score (nSPS) is 26.4. The van der Waals surface area contributed by atoms with Crippen LogP contribution in [0.15, 0.2) is 42.5 Å². The zero-order valence-electron chi connectivity index (χ0n) is 20.2. The summed E-state index contributed by atoms with van der Waals surface area (Å²) in [5.74, 6) is 2.06. The second-order valence-electron chi connectivity index (χ2n) is 9.99. The van der Waals surface area contributed by atoms with Crippen LogP contribution in [-0.4, -0.2) is 62.7 Å². The summed E-state index contributed by atoms with van der Waals surface area (Å²) < 4.78 is 23.0. The third kappa shape index (κ3) is 4.72. The maximum Gasteiger partial charge on any atom is 0.408 e. The van der Waals surface area contributed by atoms with Crippen LogP contribution in [0.5, 0.6) is 11.5 Å². The Labute approximate surface area is 201 Å². The summed E-state index contributed by atoms with van der Waals surface area (Å²) >= 11 is 0. The van der Waals surface area contributed by atoms with Crippen molar-refractivity contribution in [3.8, 4) is 22.6 Å². The number of carbonyl (C=O) groups excluding carboxylic acids is 1. The van der Waals surface area contributed by atoms with E-state index in [1.165, 1.54) is 0 Å². The van der Waals surface area contributed by atoms with Gasteiger partial charge in [-0.2, -0.15) is 0 Å². The van der Waals surface area contributed by atoms with Crippen LogP contribution in [-0.2, 0) is 9.47 Å². The summed E-state index contributed by atoms with van der Waals surface area (Å²) in [5, 5.41) is 3.09. The summed E-state index contributed by atoms with van der Waals surface area (Å²) in [5.41, 5.74) is 2.45. The van der Waals surface area contributed by atoms with Gasteiger partial charge in [0, 0.05) is 19.2 Å². The van der Waals surface area contributed by atoms with Crippen LogP contribution >= 0.6 is 0 Å². The Balaban J connectivity index is 1.29. The summed E-state index contributed by atoms with van der Waals surface area (Å²) in [6.07, 6.45) is 1.84. The second-order valence-corrected chi connectivity index (χ2v) is 9.99. The van der Waals surface area contributed by atoms with Crippen molar-refractivity contribution in [3.63, 3.8) is 0 Å². The molecular weight excluding hydrogens is 432 g/mol. The molecule has 0 radical (unpaired) electrons. The first kappa shape index (κ1) is 23.0. The van der Waals surface area contributed by atoms with Crippen LogP contribution in [0.4, 0.5) is 4.79 Å². The highest BCUT2D eigenvalue weighted by Crippen LogP contribution is 2.45. The van der Waals surface area contributed by atoms with Gasteiger partial charge in [-0.05, 0) is 75.0 Å². The SMILES string of the molecule is COCCOc1cccc(-c2ccc3c(c2)OC(C)(C)C3NC(=O)O[C@@H]2CN3CCC2CC3)c1. The number of benzene rings is 2. The minimum Gasteiger partial charge on any atom is -0.491 e. The molecule has 2 atom stereocenters. The zero-order chi connectivity index (χ0) is 23.7. The van der Waals surface area contributed by atoms with Crippen molar-refractivity contribution < 1.29 is 23.7 Å². The number of fused-ring (bicyclic) bond motifs is 4. The van der Waals surface area contributed by atoms with Crippen LogP contribution in [0.25, 0.3) is 11.1 Å². The van der Waals surface area contributed by atoms with Gasteiger partial charge in [-0.25, -0.2) is 4.79 Å². The molecule has 4 aliphatic rings. The smallest absolute Gasteiger partial charge is 0.408 e. The average molecular weight is 467 g/mol. The fourth-order valence-electron chi connectivity index (χ4n) is 5.35. The number of piperidine rings is 3. The molecule has 2 aromatic rings. The number of hydrogen-bond acceptors (Lipinski definition) is 6. The fraction of sp³-hybridized carbons (Fsp3) is 0.519. The Kier molecular flexibility index (Phi) is 6.40. The van der Waals surface area contributed by atoms with Crippen LogP contribution in [0.2, 0.25) is 0 Å². The summed E-state index contributed by atoms with van der Waals surface area (Å²) in [6.45, 7) is 8.12. The highest BCUT2D eigenvalue weighted by Gasteiger charge is 2.43. The number of nitrogens with one attached hydrogen (secondary N) is 1. The zero-order valence-corrected chi connectivity index (χ0v) is 20.2. The molecule has 1 N–H and O–H groups in total. The van der Waals surface area contributed by atoms with Crippen LogP contribution in [0.1, 0.15) is 38.3 Å². The number of ether oxygens (including phenoxy) is 4. The van der Waals surface area contributed by atoms with E-state index in [-0.39, 0.29) is 18.2 Å². The van der Waals surface area contributed by atoms with Gasteiger partial charge < -0.3 is 24.3 Å². The topological polar surface area (TPSA) is 69.3 Å². The third-order valence-corrected chi connectivity index (χ3v) is 7.23. The van der Waals surface area contributed by atoms with Crippen LogP contribution in [0.3, 0.4) is 0 Å². The predicted octanol–water partition coefficient (Wildman–Crippen LogP) is 4.41. The largest absolute Gasteiger partial charge is 0.491 e. The fourth-order valence-corrected chi connectivity index (χ4v) is 5.35. The van der Waals surface area contributed by atoms with Crippen molar-refractivity contribution in [1.82, 2.24) is 10.2 Å². The van der Waals surface area contributed by atoms with E-state index in [0.29, 0.717) is 19.1 Å². The molecule has 0 aromatic heterocycles. The van der Waals surface area contributed by atoms with Crippen molar-refractivity contribution in [2.24, 2.45) is 5.92 Å². The maximum atomic E-state index is 12.8. The third-order valence-electron chi connectivity index (χ3n) is 7.23. The van der Waals surface area contributed by atoms with E-state index in [1.807, 2.05) is 50.2 Å². The number of carbonyl (C=O) groups is 1. The molecule has 0 spiro atoms. The van der Waals surface area contributed by atoms with E-state index in [4.69, 9.17) is 18.9 Å². The Hall–Kier alpha value is -2.77. The number of amides is 1. The molecule has 3 saturated heterocycles. The van der Waals surface area contributed by atoms with Gasteiger partial charge in [0.2, 0.25) is 0 Å². The van der Waals surface area contributed by atoms with Crippen molar-refractivity contribution in [1.29, 1.82) is 0 Å². The minimum atomic E-state index is -0.583. The molecule has 6 rings (SSSR count). The molecule has 0 saturated carbocycles. The first-order valence-corrected chi connectivity index (χ1v) is 12.2. The van der Waals surface area contributed by atoms with Gasteiger partial charge in [0.25, 0.3) is 0 Å². The molecule has 34 heavy (non-hydrogen) atoms. The van der Waals surface area contributed by atoms with Crippen LogP contribution in [0, 0.1) is 5.92 Å². The van der Waals surface area contributed by atoms with Gasteiger partial charge in [-0.1, -0.05) is 24.3 Å². The molecule has 2 bridgehead atoms. The molecule has 3 fully saturated rings.